The Morgan fingerprint density at radius 2 is 1.89 bits per heavy atom. The number of benzene rings is 1. The predicted octanol–water partition coefficient (Wildman–Crippen LogP) is 3.13. The minimum Gasteiger partial charge on any atom is -0.200 e. The van der Waals surface area contributed by atoms with Crippen LogP contribution in [0.15, 0.2) is 50.2 Å². The summed E-state index contributed by atoms with van der Waals surface area (Å²) >= 11 is 4.79. The van der Waals surface area contributed by atoms with Gasteiger partial charge in [0.2, 0.25) is 0 Å². The van der Waals surface area contributed by atoms with E-state index in [2.05, 4.69) is 25.9 Å². The van der Waals surface area contributed by atoms with E-state index in [1.54, 1.807) is 24.3 Å². The van der Waals surface area contributed by atoms with E-state index in [1.165, 1.54) is 17.6 Å². The monoisotopic (exact) mass is 358 g/mol. The van der Waals surface area contributed by atoms with Gasteiger partial charge >= 0.3 is 0 Å². The van der Waals surface area contributed by atoms with Crippen molar-refractivity contribution in [1.82, 2.24) is 4.83 Å². The van der Waals surface area contributed by atoms with Crippen molar-refractivity contribution in [2.75, 3.05) is 0 Å². The quantitative estimate of drug-likeness (QED) is 0.674. The highest BCUT2D eigenvalue weighted by Gasteiger charge is 2.11. The maximum atomic E-state index is 11.9. The molecule has 0 saturated heterocycles. The van der Waals surface area contributed by atoms with E-state index in [0.717, 1.165) is 14.2 Å². The maximum absolute atomic E-state index is 11.9. The summed E-state index contributed by atoms with van der Waals surface area (Å²) in [4.78, 5) is 3.24. The second-order valence-corrected chi connectivity index (χ2v) is 7.96. The molecule has 0 bridgehead atoms. The van der Waals surface area contributed by atoms with Gasteiger partial charge in [0.05, 0.1) is 14.9 Å². The highest BCUT2D eigenvalue weighted by atomic mass is 79.9. The summed E-state index contributed by atoms with van der Waals surface area (Å²) in [5, 5.41) is 3.75. The molecule has 19 heavy (non-hydrogen) atoms. The molecule has 2 aromatic rings. The van der Waals surface area contributed by atoms with E-state index >= 15 is 0 Å². The van der Waals surface area contributed by atoms with Gasteiger partial charge in [-0.05, 0) is 47.1 Å². The number of thiophene rings is 1. The molecule has 0 spiro atoms. The van der Waals surface area contributed by atoms with Gasteiger partial charge in [0.25, 0.3) is 10.0 Å². The van der Waals surface area contributed by atoms with Crippen molar-refractivity contribution in [3.05, 3.63) is 50.6 Å². The van der Waals surface area contributed by atoms with Crippen LogP contribution in [0.5, 0.6) is 0 Å². The van der Waals surface area contributed by atoms with Crippen molar-refractivity contribution in [2.24, 2.45) is 5.10 Å². The zero-order valence-electron chi connectivity index (χ0n) is 10.00. The smallest absolute Gasteiger partial charge is 0.200 e. The van der Waals surface area contributed by atoms with Crippen LogP contribution in [0.4, 0.5) is 0 Å². The highest BCUT2D eigenvalue weighted by molar-refractivity contribution is 9.11. The normalized spacial score (nSPS) is 11.9. The average Bonchev–Trinajstić information content (AvgIpc) is 2.75. The van der Waals surface area contributed by atoms with Crippen molar-refractivity contribution in [3.63, 3.8) is 0 Å². The van der Waals surface area contributed by atoms with Crippen molar-refractivity contribution in [1.29, 1.82) is 0 Å². The van der Waals surface area contributed by atoms with Gasteiger partial charge < -0.3 is 0 Å². The summed E-state index contributed by atoms with van der Waals surface area (Å²) in [5.74, 6) is 0. The molecule has 0 saturated carbocycles. The number of rotatable bonds is 4. The molecular weight excluding hydrogens is 348 g/mol. The summed E-state index contributed by atoms with van der Waals surface area (Å²) in [7, 11) is -3.60. The zero-order valence-corrected chi connectivity index (χ0v) is 13.2. The molecule has 0 aliphatic carbocycles. The SMILES string of the molecule is Cc1ccc(S(=O)(=O)N/N=C\c2ccc(Br)s2)cc1. The number of hydrogen-bond donors (Lipinski definition) is 1. The van der Waals surface area contributed by atoms with E-state index < -0.39 is 10.0 Å². The first-order valence-corrected chi connectivity index (χ1v) is 8.43. The van der Waals surface area contributed by atoms with Crippen LogP contribution in [0, 0.1) is 6.92 Å². The Bertz CT molecular complexity index is 691. The molecule has 4 nitrogen and oxygen atoms in total. The topological polar surface area (TPSA) is 58.5 Å². The Kier molecular flexibility index (Phi) is 4.38. The first-order valence-electron chi connectivity index (χ1n) is 5.34. The van der Waals surface area contributed by atoms with Crippen LogP contribution < -0.4 is 4.83 Å². The lowest BCUT2D eigenvalue weighted by atomic mass is 10.2. The fourth-order valence-electron chi connectivity index (χ4n) is 1.33. The second kappa shape index (κ2) is 5.85. The lowest BCUT2D eigenvalue weighted by Crippen LogP contribution is -2.18. The molecule has 100 valence electrons. The van der Waals surface area contributed by atoms with Gasteiger partial charge in [0, 0.05) is 4.88 Å². The molecule has 1 heterocycles. The molecule has 2 rings (SSSR count). The van der Waals surface area contributed by atoms with Crippen LogP contribution in [0.25, 0.3) is 0 Å². The molecule has 0 fully saturated rings. The molecular formula is C12H11BrN2O2S2. The highest BCUT2D eigenvalue weighted by Crippen LogP contribution is 2.20. The van der Waals surface area contributed by atoms with Crippen LogP contribution in [-0.4, -0.2) is 14.6 Å². The molecule has 1 aromatic heterocycles. The van der Waals surface area contributed by atoms with E-state index in [9.17, 15) is 8.42 Å². The van der Waals surface area contributed by atoms with Gasteiger partial charge in [-0.2, -0.15) is 13.5 Å². The number of halogens is 1. The average molecular weight is 359 g/mol. The Morgan fingerprint density at radius 1 is 1.21 bits per heavy atom. The Hall–Kier alpha value is -1.18. The number of nitrogens with one attached hydrogen (secondary N) is 1. The van der Waals surface area contributed by atoms with Crippen molar-refractivity contribution in [3.8, 4) is 0 Å². The van der Waals surface area contributed by atoms with Gasteiger partial charge in [-0.25, -0.2) is 4.83 Å². The third kappa shape index (κ3) is 3.89. The van der Waals surface area contributed by atoms with Gasteiger partial charge in [-0.15, -0.1) is 11.3 Å². The predicted molar refractivity (Wildman–Crippen MR) is 81.1 cm³/mol. The second-order valence-electron chi connectivity index (χ2n) is 3.81. The van der Waals surface area contributed by atoms with Crippen LogP contribution >= 0.6 is 27.3 Å². The van der Waals surface area contributed by atoms with Crippen LogP contribution in [-0.2, 0) is 10.0 Å². The number of sulfonamides is 1. The summed E-state index contributed by atoms with van der Waals surface area (Å²) in [6.45, 7) is 1.90. The number of aryl methyl sites for hydroxylation is 1. The minimum absolute atomic E-state index is 0.197. The largest absolute Gasteiger partial charge is 0.276 e. The maximum Gasteiger partial charge on any atom is 0.276 e. The third-order valence-corrected chi connectivity index (χ3v) is 5.09. The number of hydrazone groups is 1. The molecule has 0 amide bonds. The Balaban J connectivity index is 2.09. The van der Waals surface area contributed by atoms with Crippen molar-refractivity contribution >= 4 is 43.5 Å². The standard InChI is InChI=1S/C12H11BrN2O2S2/c1-9-2-5-11(6-3-9)19(16,17)15-14-8-10-4-7-12(13)18-10/h2-8,15H,1H3/b14-8-. The lowest BCUT2D eigenvalue weighted by Gasteiger charge is -2.02. The molecule has 0 aliphatic heterocycles. The van der Waals surface area contributed by atoms with E-state index in [-0.39, 0.29) is 4.90 Å². The first kappa shape index (κ1) is 14.2. The Labute approximate surface area is 124 Å². The van der Waals surface area contributed by atoms with Crippen LogP contribution in [0.2, 0.25) is 0 Å². The lowest BCUT2D eigenvalue weighted by molar-refractivity contribution is 0.584. The minimum atomic E-state index is -3.60. The first-order chi connectivity index (χ1) is 8.97. The fraction of sp³-hybridized carbons (Fsp3) is 0.0833. The molecule has 0 radical (unpaired) electrons. The fourth-order valence-corrected chi connectivity index (χ4v) is 3.41. The van der Waals surface area contributed by atoms with Crippen LogP contribution in [0.1, 0.15) is 10.4 Å². The van der Waals surface area contributed by atoms with E-state index in [1.807, 2.05) is 19.1 Å². The van der Waals surface area contributed by atoms with Crippen molar-refractivity contribution in [2.45, 2.75) is 11.8 Å². The molecule has 1 aromatic carbocycles. The molecule has 0 atom stereocenters. The van der Waals surface area contributed by atoms with Crippen LogP contribution in [0.3, 0.4) is 0 Å². The zero-order chi connectivity index (χ0) is 13.9. The van der Waals surface area contributed by atoms with Gasteiger partial charge in [0.15, 0.2) is 0 Å². The van der Waals surface area contributed by atoms with Gasteiger partial charge in [0.1, 0.15) is 0 Å². The summed E-state index contributed by atoms with van der Waals surface area (Å²) < 4.78 is 24.8. The third-order valence-electron chi connectivity index (χ3n) is 2.29. The van der Waals surface area contributed by atoms with Gasteiger partial charge in [-0.3, -0.25) is 0 Å². The summed E-state index contributed by atoms with van der Waals surface area (Å²) in [6.07, 6.45) is 1.47. The molecule has 7 heteroatoms. The van der Waals surface area contributed by atoms with E-state index in [4.69, 9.17) is 0 Å². The summed E-state index contributed by atoms with van der Waals surface area (Å²) in [5.41, 5.74) is 1.01. The Morgan fingerprint density at radius 3 is 2.47 bits per heavy atom. The molecule has 1 N–H and O–H groups in total. The van der Waals surface area contributed by atoms with Crippen molar-refractivity contribution < 1.29 is 8.42 Å². The number of hydrogen-bond acceptors (Lipinski definition) is 4. The molecule has 0 aliphatic rings. The number of nitrogens with zero attached hydrogens (tertiary/aromatic N) is 1. The van der Waals surface area contributed by atoms with E-state index in [0.29, 0.717) is 0 Å². The molecule has 0 unspecified atom stereocenters. The summed E-state index contributed by atoms with van der Waals surface area (Å²) in [6, 6.07) is 10.3. The van der Waals surface area contributed by atoms with Gasteiger partial charge in [-0.1, -0.05) is 17.7 Å².